The molecule has 1 aromatic heterocycles. The van der Waals surface area contributed by atoms with E-state index in [1.165, 1.54) is 5.56 Å². The molecule has 0 saturated heterocycles. The molecule has 4 nitrogen and oxygen atoms in total. The van der Waals surface area contributed by atoms with Gasteiger partial charge in [-0.2, -0.15) is 0 Å². The lowest BCUT2D eigenvalue weighted by Crippen LogP contribution is -2.23. The second-order valence-corrected chi connectivity index (χ2v) is 4.52. The van der Waals surface area contributed by atoms with E-state index >= 15 is 0 Å². The molecule has 5 heteroatoms. The van der Waals surface area contributed by atoms with E-state index in [1.54, 1.807) is 13.0 Å². The molecule has 1 aromatic carbocycles. The summed E-state index contributed by atoms with van der Waals surface area (Å²) in [6.45, 7) is 2.23. The minimum Gasteiger partial charge on any atom is -0.361 e. The number of nitrogens with zero attached hydrogens (tertiary/aromatic N) is 1. The summed E-state index contributed by atoms with van der Waals surface area (Å²) in [5, 5.41) is 7.27. The number of aryl methyl sites for hydroxylation is 1. The summed E-state index contributed by atoms with van der Waals surface area (Å²) in [6.07, 6.45) is 0. The van der Waals surface area contributed by atoms with Crippen LogP contribution >= 0.6 is 15.9 Å². The highest BCUT2D eigenvalue weighted by Gasteiger charge is 2.10. The van der Waals surface area contributed by atoms with Gasteiger partial charge in [-0.3, -0.25) is 4.79 Å². The van der Waals surface area contributed by atoms with Gasteiger partial charge >= 0.3 is 0 Å². The van der Waals surface area contributed by atoms with Crippen LogP contribution in [0.4, 0.5) is 0 Å². The highest BCUT2D eigenvalue weighted by atomic mass is 79.9. The highest BCUT2D eigenvalue weighted by molar-refractivity contribution is 9.08. The van der Waals surface area contributed by atoms with Crippen molar-refractivity contribution in [1.29, 1.82) is 0 Å². The minimum atomic E-state index is -0.226. The summed E-state index contributed by atoms with van der Waals surface area (Å²) in [5.41, 5.74) is 2.55. The molecule has 0 radical (unpaired) electrons. The van der Waals surface area contributed by atoms with Crippen LogP contribution in [0.1, 0.15) is 27.4 Å². The number of halogens is 1. The largest absolute Gasteiger partial charge is 0.361 e. The van der Waals surface area contributed by atoms with Gasteiger partial charge in [-0.05, 0) is 18.1 Å². The topological polar surface area (TPSA) is 55.1 Å². The Kier molecular flexibility index (Phi) is 4.15. The molecule has 0 bridgehead atoms. The van der Waals surface area contributed by atoms with Gasteiger partial charge in [0, 0.05) is 17.9 Å². The zero-order chi connectivity index (χ0) is 13.0. The van der Waals surface area contributed by atoms with Crippen molar-refractivity contribution < 1.29 is 9.32 Å². The van der Waals surface area contributed by atoms with E-state index in [9.17, 15) is 4.79 Å². The van der Waals surface area contributed by atoms with Crippen LogP contribution < -0.4 is 5.32 Å². The fourth-order valence-corrected chi connectivity index (χ4v) is 1.92. The maximum Gasteiger partial charge on any atom is 0.273 e. The minimum absolute atomic E-state index is 0.226. The molecular formula is C13H13BrN2O2. The van der Waals surface area contributed by atoms with Gasteiger partial charge in [-0.15, -0.1) is 0 Å². The molecule has 1 amide bonds. The number of alkyl halides is 1. The van der Waals surface area contributed by atoms with Crippen molar-refractivity contribution in [2.75, 3.05) is 0 Å². The van der Waals surface area contributed by atoms with Gasteiger partial charge < -0.3 is 9.84 Å². The first kappa shape index (κ1) is 12.8. The van der Waals surface area contributed by atoms with Crippen LogP contribution in [0.3, 0.4) is 0 Å². The molecule has 2 rings (SSSR count). The normalized spacial score (nSPS) is 10.3. The number of carbonyl (C=O) groups excluding carboxylic acids is 1. The van der Waals surface area contributed by atoms with Crippen LogP contribution in [0, 0.1) is 6.92 Å². The second-order valence-electron chi connectivity index (χ2n) is 3.96. The first-order valence-electron chi connectivity index (χ1n) is 5.54. The van der Waals surface area contributed by atoms with E-state index in [1.807, 2.05) is 24.3 Å². The molecule has 0 unspecified atom stereocenters. The smallest absolute Gasteiger partial charge is 0.273 e. The molecule has 0 aliphatic carbocycles. The Labute approximate surface area is 113 Å². The van der Waals surface area contributed by atoms with Gasteiger partial charge in [0.25, 0.3) is 5.91 Å². The fourth-order valence-electron chi connectivity index (χ4n) is 1.57. The molecule has 0 fully saturated rings. The number of rotatable bonds is 4. The molecule has 1 heterocycles. The molecule has 2 aromatic rings. The summed E-state index contributed by atoms with van der Waals surface area (Å²) >= 11 is 3.40. The Morgan fingerprint density at radius 3 is 2.83 bits per heavy atom. The van der Waals surface area contributed by atoms with E-state index in [-0.39, 0.29) is 5.91 Å². The predicted molar refractivity (Wildman–Crippen MR) is 71.5 cm³/mol. The van der Waals surface area contributed by atoms with Crippen LogP contribution in [0.2, 0.25) is 0 Å². The molecule has 1 N–H and O–H groups in total. The van der Waals surface area contributed by atoms with E-state index in [4.69, 9.17) is 4.52 Å². The number of nitrogens with one attached hydrogen (secondary N) is 1. The van der Waals surface area contributed by atoms with Gasteiger partial charge in [0.1, 0.15) is 5.76 Å². The summed E-state index contributed by atoms with van der Waals surface area (Å²) in [7, 11) is 0. The van der Waals surface area contributed by atoms with Gasteiger partial charge in [-0.1, -0.05) is 45.4 Å². The fraction of sp³-hybridized carbons (Fsp3) is 0.231. The number of carbonyl (C=O) groups is 1. The zero-order valence-electron chi connectivity index (χ0n) is 9.94. The molecule has 0 atom stereocenters. The third kappa shape index (κ3) is 3.20. The number of hydrogen-bond donors (Lipinski definition) is 1. The van der Waals surface area contributed by atoms with Gasteiger partial charge in [0.05, 0.1) is 0 Å². The third-order valence-corrected chi connectivity index (χ3v) is 3.11. The molecule has 0 aliphatic rings. The first-order chi connectivity index (χ1) is 8.69. The standard InChI is InChI=1S/C13H13BrN2O2/c1-9-5-12(16-18-9)13(17)15-8-11-4-2-3-10(6-11)7-14/h2-6H,7-8H2,1H3,(H,15,17). The van der Waals surface area contributed by atoms with Crippen LogP contribution in [0.5, 0.6) is 0 Å². The van der Waals surface area contributed by atoms with E-state index in [0.29, 0.717) is 18.0 Å². The predicted octanol–water partition coefficient (Wildman–Crippen LogP) is 2.81. The SMILES string of the molecule is Cc1cc(C(=O)NCc2cccc(CBr)c2)no1. The molecule has 0 saturated carbocycles. The van der Waals surface area contributed by atoms with Gasteiger partial charge in [0.2, 0.25) is 0 Å². The van der Waals surface area contributed by atoms with Crippen molar-refractivity contribution in [3.63, 3.8) is 0 Å². The second kappa shape index (κ2) is 5.82. The van der Waals surface area contributed by atoms with E-state index in [0.717, 1.165) is 10.9 Å². The maximum absolute atomic E-state index is 11.7. The van der Waals surface area contributed by atoms with Crippen molar-refractivity contribution in [2.24, 2.45) is 0 Å². The lowest BCUT2D eigenvalue weighted by molar-refractivity contribution is 0.0942. The number of aromatic nitrogens is 1. The van der Waals surface area contributed by atoms with E-state index < -0.39 is 0 Å². The van der Waals surface area contributed by atoms with Crippen molar-refractivity contribution in [3.05, 3.63) is 52.9 Å². The quantitative estimate of drug-likeness (QED) is 0.884. The maximum atomic E-state index is 11.7. The van der Waals surface area contributed by atoms with Crippen molar-refractivity contribution >= 4 is 21.8 Å². The Morgan fingerprint density at radius 1 is 1.39 bits per heavy atom. The lowest BCUT2D eigenvalue weighted by atomic mass is 10.1. The number of benzene rings is 1. The average Bonchev–Trinajstić information content (AvgIpc) is 2.83. The lowest BCUT2D eigenvalue weighted by Gasteiger charge is -2.04. The van der Waals surface area contributed by atoms with E-state index in [2.05, 4.69) is 26.4 Å². The summed E-state index contributed by atoms with van der Waals surface area (Å²) in [4.78, 5) is 11.7. The van der Waals surface area contributed by atoms with Crippen molar-refractivity contribution in [1.82, 2.24) is 10.5 Å². The van der Waals surface area contributed by atoms with Crippen molar-refractivity contribution in [3.8, 4) is 0 Å². The van der Waals surface area contributed by atoms with Gasteiger partial charge in [-0.25, -0.2) is 0 Å². The Morgan fingerprint density at radius 2 is 2.17 bits per heavy atom. The molecule has 0 aliphatic heterocycles. The first-order valence-corrected chi connectivity index (χ1v) is 6.66. The summed E-state index contributed by atoms with van der Waals surface area (Å²) in [6, 6.07) is 9.63. The average molecular weight is 309 g/mol. The molecule has 18 heavy (non-hydrogen) atoms. The number of amides is 1. The summed E-state index contributed by atoms with van der Waals surface area (Å²) in [5.74, 6) is 0.400. The number of hydrogen-bond acceptors (Lipinski definition) is 3. The molecular weight excluding hydrogens is 296 g/mol. The van der Waals surface area contributed by atoms with Crippen LogP contribution in [-0.2, 0) is 11.9 Å². The van der Waals surface area contributed by atoms with Crippen LogP contribution in [0.15, 0.2) is 34.9 Å². The van der Waals surface area contributed by atoms with Crippen LogP contribution in [0.25, 0.3) is 0 Å². The Balaban J connectivity index is 1.97. The third-order valence-electron chi connectivity index (χ3n) is 2.46. The summed E-state index contributed by atoms with van der Waals surface area (Å²) < 4.78 is 4.86. The Bertz CT molecular complexity index is 551. The van der Waals surface area contributed by atoms with Gasteiger partial charge in [0.15, 0.2) is 5.69 Å². The molecule has 0 spiro atoms. The van der Waals surface area contributed by atoms with Crippen molar-refractivity contribution in [2.45, 2.75) is 18.8 Å². The highest BCUT2D eigenvalue weighted by Crippen LogP contribution is 2.09. The monoisotopic (exact) mass is 308 g/mol. The van der Waals surface area contributed by atoms with Crippen LogP contribution in [-0.4, -0.2) is 11.1 Å². The Hall–Kier alpha value is -1.62. The molecule has 94 valence electrons. The zero-order valence-corrected chi connectivity index (χ0v) is 11.5.